The molecular weight excluding hydrogens is 267 g/mol. The van der Waals surface area contributed by atoms with Gasteiger partial charge in [-0.05, 0) is 30.3 Å². The van der Waals surface area contributed by atoms with Gasteiger partial charge in [0.25, 0.3) is 0 Å². The molecule has 2 aromatic carbocycles. The van der Waals surface area contributed by atoms with E-state index in [0.29, 0.717) is 23.6 Å². The van der Waals surface area contributed by atoms with Crippen molar-refractivity contribution in [2.24, 2.45) is 0 Å². The largest absolute Gasteiger partial charge is 0.493 e. The number of halogens is 2. The predicted octanol–water partition coefficient (Wildman–Crippen LogP) is 3.98. The summed E-state index contributed by atoms with van der Waals surface area (Å²) in [5.41, 5.74) is 0.387. The van der Waals surface area contributed by atoms with E-state index in [1.54, 1.807) is 0 Å². The van der Waals surface area contributed by atoms with Crippen LogP contribution >= 0.6 is 11.6 Å². The second-order valence-corrected chi connectivity index (χ2v) is 4.54. The van der Waals surface area contributed by atoms with Crippen LogP contribution in [-0.4, -0.2) is 11.7 Å². The second kappa shape index (κ2) is 6.55. The lowest BCUT2D eigenvalue weighted by atomic mass is 10.1. The Morgan fingerprint density at radius 3 is 2.63 bits per heavy atom. The standard InChI is InChI=1S/C15H14ClFO2/c16-14-7-6-11(17)10-13(14)15(18)8-9-19-12-4-2-1-3-5-12/h1-7,10,15,18H,8-9H2/t15-/m1/s1. The molecular formula is C15H14ClFO2. The zero-order valence-electron chi connectivity index (χ0n) is 10.2. The van der Waals surface area contributed by atoms with Gasteiger partial charge in [0.15, 0.2) is 0 Å². The number of aliphatic hydroxyl groups excluding tert-OH is 1. The summed E-state index contributed by atoms with van der Waals surface area (Å²) in [6.07, 6.45) is -0.496. The van der Waals surface area contributed by atoms with Gasteiger partial charge >= 0.3 is 0 Å². The van der Waals surface area contributed by atoms with Crippen molar-refractivity contribution in [2.45, 2.75) is 12.5 Å². The number of benzene rings is 2. The van der Waals surface area contributed by atoms with Crippen molar-refractivity contribution >= 4 is 11.6 Å². The fraction of sp³-hybridized carbons (Fsp3) is 0.200. The maximum atomic E-state index is 13.1. The molecule has 0 aromatic heterocycles. The lowest BCUT2D eigenvalue weighted by molar-refractivity contribution is 0.140. The van der Waals surface area contributed by atoms with Gasteiger partial charge in [-0.25, -0.2) is 4.39 Å². The van der Waals surface area contributed by atoms with Crippen molar-refractivity contribution in [3.63, 3.8) is 0 Å². The summed E-state index contributed by atoms with van der Waals surface area (Å²) < 4.78 is 18.6. The lowest BCUT2D eigenvalue weighted by Crippen LogP contribution is -2.06. The Balaban J connectivity index is 1.91. The highest BCUT2D eigenvalue weighted by molar-refractivity contribution is 6.31. The summed E-state index contributed by atoms with van der Waals surface area (Å²) in [7, 11) is 0. The van der Waals surface area contributed by atoms with Gasteiger partial charge in [-0.1, -0.05) is 29.8 Å². The Labute approximate surface area is 116 Å². The molecule has 100 valence electrons. The number of hydrogen-bond donors (Lipinski definition) is 1. The summed E-state index contributed by atoms with van der Waals surface area (Å²) in [4.78, 5) is 0. The molecule has 0 bridgehead atoms. The van der Waals surface area contributed by atoms with Crippen LogP contribution in [0.2, 0.25) is 5.02 Å². The molecule has 0 aliphatic rings. The van der Waals surface area contributed by atoms with Crippen molar-refractivity contribution in [2.75, 3.05) is 6.61 Å². The lowest BCUT2D eigenvalue weighted by Gasteiger charge is -2.13. The van der Waals surface area contributed by atoms with E-state index in [2.05, 4.69) is 0 Å². The summed E-state index contributed by atoms with van der Waals surface area (Å²) >= 11 is 5.92. The fourth-order valence-corrected chi connectivity index (χ4v) is 1.97. The minimum atomic E-state index is -0.841. The van der Waals surface area contributed by atoms with Gasteiger partial charge in [-0.3, -0.25) is 0 Å². The molecule has 19 heavy (non-hydrogen) atoms. The second-order valence-electron chi connectivity index (χ2n) is 4.13. The zero-order valence-corrected chi connectivity index (χ0v) is 11.0. The van der Waals surface area contributed by atoms with Gasteiger partial charge in [0, 0.05) is 17.0 Å². The van der Waals surface area contributed by atoms with Crippen LogP contribution in [0.1, 0.15) is 18.1 Å². The van der Waals surface area contributed by atoms with Crippen LogP contribution in [0.3, 0.4) is 0 Å². The highest BCUT2D eigenvalue weighted by Gasteiger charge is 2.12. The third-order valence-corrected chi connectivity index (χ3v) is 3.06. The van der Waals surface area contributed by atoms with Gasteiger partial charge in [0.05, 0.1) is 12.7 Å². The molecule has 4 heteroatoms. The third kappa shape index (κ3) is 3.94. The van der Waals surface area contributed by atoms with E-state index < -0.39 is 11.9 Å². The van der Waals surface area contributed by atoms with Gasteiger partial charge < -0.3 is 9.84 Å². The van der Waals surface area contributed by atoms with Gasteiger partial charge in [0.1, 0.15) is 11.6 Å². The highest BCUT2D eigenvalue weighted by atomic mass is 35.5. The van der Waals surface area contributed by atoms with Crippen LogP contribution < -0.4 is 4.74 Å². The Morgan fingerprint density at radius 1 is 1.16 bits per heavy atom. The molecule has 2 nitrogen and oxygen atoms in total. The molecule has 1 atom stereocenters. The number of aliphatic hydroxyl groups is 1. The number of ether oxygens (including phenoxy) is 1. The molecule has 0 aliphatic carbocycles. The minimum absolute atomic E-state index is 0.331. The summed E-state index contributed by atoms with van der Waals surface area (Å²) in [6.45, 7) is 0.331. The molecule has 0 radical (unpaired) electrons. The molecule has 0 spiro atoms. The molecule has 0 saturated heterocycles. The minimum Gasteiger partial charge on any atom is -0.493 e. The van der Waals surface area contributed by atoms with Crippen molar-refractivity contribution in [3.8, 4) is 5.75 Å². The molecule has 1 N–H and O–H groups in total. The fourth-order valence-electron chi connectivity index (χ4n) is 1.73. The van der Waals surface area contributed by atoms with Crippen LogP contribution in [-0.2, 0) is 0 Å². The first-order valence-electron chi connectivity index (χ1n) is 5.97. The summed E-state index contributed by atoms with van der Waals surface area (Å²) in [6, 6.07) is 13.3. The maximum Gasteiger partial charge on any atom is 0.123 e. The number of hydrogen-bond acceptors (Lipinski definition) is 2. The molecule has 0 saturated carbocycles. The van der Waals surface area contributed by atoms with Gasteiger partial charge in [-0.15, -0.1) is 0 Å². The van der Waals surface area contributed by atoms with Crippen LogP contribution in [0, 0.1) is 5.82 Å². The monoisotopic (exact) mass is 280 g/mol. The quantitative estimate of drug-likeness (QED) is 0.898. The Kier molecular flexibility index (Phi) is 4.77. The SMILES string of the molecule is O[C@H](CCOc1ccccc1)c1cc(F)ccc1Cl. The molecule has 2 rings (SSSR count). The molecule has 2 aromatic rings. The Hall–Kier alpha value is -1.58. The van der Waals surface area contributed by atoms with Crippen molar-refractivity contribution < 1.29 is 14.2 Å². The van der Waals surface area contributed by atoms with Gasteiger partial charge in [0.2, 0.25) is 0 Å². The van der Waals surface area contributed by atoms with Crippen LogP contribution in [0.5, 0.6) is 5.75 Å². The molecule has 0 unspecified atom stereocenters. The smallest absolute Gasteiger partial charge is 0.123 e. The normalized spacial score (nSPS) is 12.2. The highest BCUT2D eigenvalue weighted by Crippen LogP contribution is 2.26. The first kappa shape index (κ1) is 13.8. The average molecular weight is 281 g/mol. The van der Waals surface area contributed by atoms with E-state index in [1.807, 2.05) is 30.3 Å². The first-order valence-corrected chi connectivity index (χ1v) is 6.35. The molecule has 0 heterocycles. The number of para-hydroxylation sites is 1. The van der Waals surface area contributed by atoms with Crippen molar-refractivity contribution in [1.29, 1.82) is 0 Å². The first-order chi connectivity index (χ1) is 9.16. The van der Waals surface area contributed by atoms with Crippen molar-refractivity contribution in [3.05, 3.63) is 64.9 Å². The topological polar surface area (TPSA) is 29.5 Å². The van der Waals surface area contributed by atoms with E-state index in [4.69, 9.17) is 16.3 Å². The Morgan fingerprint density at radius 2 is 1.89 bits per heavy atom. The van der Waals surface area contributed by atoms with Crippen LogP contribution in [0.25, 0.3) is 0 Å². The van der Waals surface area contributed by atoms with Crippen LogP contribution in [0.4, 0.5) is 4.39 Å². The van der Waals surface area contributed by atoms with E-state index in [1.165, 1.54) is 18.2 Å². The average Bonchev–Trinajstić information content (AvgIpc) is 2.42. The molecule has 0 fully saturated rings. The Bertz CT molecular complexity index is 531. The van der Waals surface area contributed by atoms with E-state index >= 15 is 0 Å². The third-order valence-electron chi connectivity index (χ3n) is 2.72. The number of rotatable bonds is 5. The van der Waals surface area contributed by atoms with E-state index in [0.717, 1.165) is 5.75 Å². The summed E-state index contributed by atoms with van der Waals surface area (Å²) in [5.74, 6) is 0.322. The maximum absolute atomic E-state index is 13.1. The van der Waals surface area contributed by atoms with Crippen LogP contribution in [0.15, 0.2) is 48.5 Å². The zero-order chi connectivity index (χ0) is 13.7. The van der Waals surface area contributed by atoms with E-state index in [9.17, 15) is 9.50 Å². The molecule has 0 amide bonds. The van der Waals surface area contributed by atoms with Gasteiger partial charge in [-0.2, -0.15) is 0 Å². The van der Waals surface area contributed by atoms with E-state index in [-0.39, 0.29) is 0 Å². The summed E-state index contributed by atoms with van der Waals surface area (Å²) in [5, 5.41) is 10.3. The van der Waals surface area contributed by atoms with Crippen molar-refractivity contribution in [1.82, 2.24) is 0 Å². The molecule has 0 aliphatic heterocycles. The predicted molar refractivity (Wildman–Crippen MR) is 72.9 cm³/mol.